The van der Waals surface area contributed by atoms with Crippen LogP contribution in [0, 0.1) is 5.92 Å². The first kappa shape index (κ1) is 13.3. The maximum absolute atomic E-state index is 9.07. The molecular weight excluding hydrogens is 226 g/mol. The fourth-order valence-corrected chi connectivity index (χ4v) is 2.72. The standard InChI is InChI=1S/C14H23N3O/c1-15-10-13-5-2-7-16-14(13)17-8-3-4-12(11-17)6-9-18/h2,5,7,12,15,18H,3-4,6,8-11H2,1H3. The number of anilines is 1. The summed E-state index contributed by atoms with van der Waals surface area (Å²) in [5, 5.41) is 12.3. The van der Waals surface area contributed by atoms with Crippen LogP contribution in [0.1, 0.15) is 24.8 Å². The van der Waals surface area contributed by atoms with Crippen LogP contribution < -0.4 is 10.2 Å². The second kappa shape index (κ2) is 6.71. The number of aliphatic hydroxyl groups is 1. The van der Waals surface area contributed by atoms with Crippen molar-refractivity contribution in [3.8, 4) is 0 Å². The van der Waals surface area contributed by atoms with Crippen LogP contribution in [0.5, 0.6) is 0 Å². The molecule has 0 radical (unpaired) electrons. The zero-order valence-corrected chi connectivity index (χ0v) is 11.1. The van der Waals surface area contributed by atoms with E-state index >= 15 is 0 Å². The van der Waals surface area contributed by atoms with Crippen molar-refractivity contribution in [3.63, 3.8) is 0 Å². The maximum Gasteiger partial charge on any atom is 0.133 e. The minimum Gasteiger partial charge on any atom is -0.396 e. The average molecular weight is 249 g/mol. The van der Waals surface area contributed by atoms with Crippen LogP contribution in [0.15, 0.2) is 18.3 Å². The lowest BCUT2D eigenvalue weighted by molar-refractivity contribution is 0.244. The van der Waals surface area contributed by atoms with Crippen LogP contribution in [-0.4, -0.2) is 36.8 Å². The molecule has 4 heteroatoms. The van der Waals surface area contributed by atoms with E-state index in [2.05, 4.69) is 21.3 Å². The minimum absolute atomic E-state index is 0.296. The van der Waals surface area contributed by atoms with E-state index in [1.807, 2.05) is 19.3 Å². The molecule has 18 heavy (non-hydrogen) atoms. The molecule has 1 aliphatic heterocycles. The van der Waals surface area contributed by atoms with Crippen LogP contribution in [-0.2, 0) is 6.54 Å². The Morgan fingerprint density at radius 2 is 2.44 bits per heavy atom. The highest BCUT2D eigenvalue weighted by Gasteiger charge is 2.21. The topological polar surface area (TPSA) is 48.4 Å². The van der Waals surface area contributed by atoms with Gasteiger partial charge in [-0.3, -0.25) is 0 Å². The Hall–Kier alpha value is -1.13. The summed E-state index contributed by atoms with van der Waals surface area (Å²) in [6.45, 7) is 3.25. The van der Waals surface area contributed by atoms with Crippen molar-refractivity contribution in [2.45, 2.75) is 25.8 Å². The number of hydrogen-bond donors (Lipinski definition) is 2. The fourth-order valence-electron chi connectivity index (χ4n) is 2.72. The number of piperidine rings is 1. The third kappa shape index (κ3) is 3.21. The van der Waals surface area contributed by atoms with Crippen molar-refractivity contribution < 1.29 is 5.11 Å². The number of hydrogen-bond acceptors (Lipinski definition) is 4. The molecule has 0 aromatic carbocycles. The minimum atomic E-state index is 0.296. The van der Waals surface area contributed by atoms with Gasteiger partial charge in [0.15, 0.2) is 0 Å². The van der Waals surface area contributed by atoms with Gasteiger partial charge in [0.2, 0.25) is 0 Å². The molecule has 1 atom stereocenters. The number of pyridine rings is 1. The van der Waals surface area contributed by atoms with E-state index < -0.39 is 0 Å². The molecule has 1 aromatic rings. The van der Waals surface area contributed by atoms with Crippen molar-refractivity contribution in [2.24, 2.45) is 5.92 Å². The molecule has 1 fully saturated rings. The first-order valence-corrected chi connectivity index (χ1v) is 6.79. The monoisotopic (exact) mass is 249 g/mol. The molecule has 1 unspecified atom stereocenters. The van der Waals surface area contributed by atoms with E-state index in [1.165, 1.54) is 18.4 Å². The number of aromatic nitrogens is 1. The smallest absolute Gasteiger partial charge is 0.133 e. The number of nitrogens with zero attached hydrogens (tertiary/aromatic N) is 2. The highest BCUT2D eigenvalue weighted by molar-refractivity contribution is 5.47. The molecule has 0 bridgehead atoms. The molecule has 1 aliphatic rings. The van der Waals surface area contributed by atoms with Gasteiger partial charge in [-0.1, -0.05) is 6.07 Å². The van der Waals surface area contributed by atoms with Gasteiger partial charge in [0.05, 0.1) is 0 Å². The summed E-state index contributed by atoms with van der Waals surface area (Å²) in [6.07, 6.45) is 5.19. The second-order valence-corrected chi connectivity index (χ2v) is 4.98. The third-order valence-corrected chi connectivity index (χ3v) is 3.59. The van der Waals surface area contributed by atoms with E-state index in [-0.39, 0.29) is 0 Å². The summed E-state index contributed by atoms with van der Waals surface area (Å²) in [4.78, 5) is 6.91. The Morgan fingerprint density at radius 1 is 1.56 bits per heavy atom. The summed E-state index contributed by atoms with van der Waals surface area (Å²) in [6, 6.07) is 4.12. The Bertz CT molecular complexity index is 368. The van der Waals surface area contributed by atoms with E-state index in [0.29, 0.717) is 12.5 Å². The lowest BCUT2D eigenvalue weighted by atomic mass is 9.95. The van der Waals surface area contributed by atoms with E-state index in [9.17, 15) is 0 Å². The Labute approximate surface area is 109 Å². The van der Waals surface area contributed by atoms with Gasteiger partial charge in [0.1, 0.15) is 5.82 Å². The van der Waals surface area contributed by atoms with Crippen LogP contribution in [0.3, 0.4) is 0 Å². The van der Waals surface area contributed by atoms with E-state index in [0.717, 1.165) is 31.9 Å². The molecule has 1 aromatic heterocycles. The predicted molar refractivity (Wildman–Crippen MR) is 73.6 cm³/mol. The summed E-state index contributed by atoms with van der Waals surface area (Å²) >= 11 is 0. The molecule has 4 nitrogen and oxygen atoms in total. The van der Waals surface area contributed by atoms with Gasteiger partial charge in [-0.2, -0.15) is 0 Å². The largest absolute Gasteiger partial charge is 0.396 e. The van der Waals surface area contributed by atoms with Crippen LogP contribution in [0.4, 0.5) is 5.82 Å². The average Bonchev–Trinajstić information content (AvgIpc) is 2.40. The molecule has 0 aliphatic carbocycles. The Kier molecular flexibility index (Phi) is 4.96. The molecular formula is C14H23N3O. The maximum atomic E-state index is 9.07. The molecule has 1 saturated heterocycles. The quantitative estimate of drug-likeness (QED) is 0.828. The van der Waals surface area contributed by atoms with Crippen molar-refractivity contribution in [1.29, 1.82) is 0 Å². The summed E-state index contributed by atoms with van der Waals surface area (Å²) in [5.41, 5.74) is 1.25. The van der Waals surface area contributed by atoms with Crippen molar-refractivity contribution in [1.82, 2.24) is 10.3 Å². The first-order chi connectivity index (χ1) is 8.85. The summed E-state index contributed by atoms with van der Waals surface area (Å²) < 4.78 is 0. The number of aliphatic hydroxyl groups excluding tert-OH is 1. The second-order valence-electron chi connectivity index (χ2n) is 4.98. The van der Waals surface area contributed by atoms with Gasteiger partial charge in [-0.25, -0.2) is 4.98 Å². The van der Waals surface area contributed by atoms with Crippen LogP contribution >= 0.6 is 0 Å². The predicted octanol–water partition coefficient (Wildman–Crippen LogP) is 1.40. The first-order valence-electron chi connectivity index (χ1n) is 6.79. The summed E-state index contributed by atoms with van der Waals surface area (Å²) in [7, 11) is 1.96. The highest BCUT2D eigenvalue weighted by atomic mass is 16.3. The molecule has 0 spiro atoms. The zero-order valence-electron chi connectivity index (χ0n) is 11.1. The molecule has 0 saturated carbocycles. The molecule has 2 rings (SSSR count). The SMILES string of the molecule is CNCc1cccnc1N1CCCC(CCO)C1. The Balaban J connectivity index is 2.10. The van der Waals surface area contributed by atoms with Crippen LogP contribution in [0.2, 0.25) is 0 Å². The van der Waals surface area contributed by atoms with Crippen molar-refractivity contribution in [2.75, 3.05) is 31.6 Å². The van der Waals surface area contributed by atoms with Gasteiger partial charge in [0.25, 0.3) is 0 Å². The van der Waals surface area contributed by atoms with Gasteiger partial charge < -0.3 is 15.3 Å². The van der Waals surface area contributed by atoms with Crippen LogP contribution in [0.25, 0.3) is 0 Å². The van der Waals surface area contributed by atoms with Gasteiger partial charge in [0, 0.05) is 38.0 Å². The van der Waals surface area contributed by atoms with Crippen molar-refractivity contribution in [3.05, 3.63) is 23.9 Å². The highest BCUT2D eigenvalue weighted by Crippen LogP contribution is 2.25. The van der Waals surface area contributed by atoms with E-state index in [1.54, 1.807) is 0 Å². The zero-order chi connectivity index (χ0) is 12.8. The molecule has 2 N–H and O–H groups in total. The number of nitrogens with one attached hydrogen (secondary N) is 1. The molecule has 0 amide bonds. The van der Waals surface area contributed by atoms with Gasteiger partial charge >= 0.3 is 0 Å². The lowest BCUT2D eigenvalue weighted by Gasteiger charge is -2.34. The van der Waals surface area contributed by atoms with E-state index in [4.69, 9.17) is 5.11 Å². The van der Waals surface area contributed by atoms with Gasteiger partial charge in [-0.05, 0) is 38.3 Å². The number of rotatable bonds is 5. The normalized spacial score (nSPS) is 20.1. The fraction of sp³-hybridized carbons (Fsp3) is 0.643. The third-order valence-electron chi connectivity index (χ3n) is 3.59. The lowest BCUT2D eigenvalue weighted by Crippen LogP contribution is -2.37. The molecule has 100 valence electrons. The molecule has 2 heterocycles. The van der Waals surface area contributed by atoms with Crippen molar-refractivity contribution >= 4 is 5.82 Å². The van der Waals surface area contributed by atoms with Gasteiger partial charge in [-0.15, -0.1) is 0 Å². The summed E-state index contributed by atoms with van der Waals surface area (Å²) in [5.74, 6) is 1.71. The Morgan fingerprint density at radius 3 is 3.22 bits per heavy atom.